The fourth-order valence-corrected chi connectivity index (χ4v) is 2.54. The first kappa shape index (κ1) is 15.2. The van der Waals surface area contributed by atoms with E-state index in [0.717, 1.165) is 29.2 Å². The van der Waals surface area contributed by atoms with Gasteiger partial charge in [0.15, 0.2) is 5.96 Å². The van der Waals surface area contributed by atoms with E-state index >= 15 is 0 Å². The number of aromatic nitrogens is 1. The largest absolute Gasteiger partial charge is 0.459 e. The highest BCUT2D eigenvalue weighted by Crippen LogP contribution is 2.23. The maximum atomic E-state index is 5.90. The predicted octanol–water partition coefficient (Wildman–Crippen LogP) is 3.20. The van der Waals surface area contributed by atoms with Crippen LogP contribution >= 0.6 is 0 Å². The Labute approximate surface area is 136 Å². The van der Waals surface area contributed by atoms with Crippen LogP contribution in [0.4, 0.5) is 0 Å². The maximum Gasteiger partial charge on any atom is 0.191 e. The number of fused-ring (bicyclic) bond motifs is 1. The molecule has 0 radical (unpaired) electrons. The van der Waals surface area contributed by atoms with Crippen LogP contribution in [-0.4, -0.2) is 17.6 Å². The molecule has 2 N–H and O–H groups in total. The molecule has 0 bridgehead atoms. The Morgan fingerprint density at radius 3 is 2.78 bits per heavy atom. The SMILES string of the molecule is CN=C(NCc1cccn1C)NC(C)c1cc2ccccc2o1. The number of furan rings is 1. The highest BCUT2D eigenvalue weighted by atomic mass is 16.3. The van der Waals surface area contributed by atoms with Crippen molar-refractivity contribution in [1.82, 2.24) is 15.2 Å². The quantitative estimate of drug-likeness (QED) is 0.575. The smallest absolute Gasteiger partial charge is 0.191 e. The van der Waals surface area contributed by atoms with Crippen LogP contribution in [0.3, 0.4) is 0 Å². The monoisotopic (exact) mass is 310 g/mol. The number of guanidine groups is 1. The van der Waals surface area contributed by atoms with Gasteiger partial charge < -0.3 is 19.6 Å². The first-order valence-corrected chi connectivity index (χ1v) is 7.73. The second kappa shape index (κ2) is 6.60. The van der Waals surface area contributed by atoms with Crippen molar-refractivity contribution in [2.45, 2.75) is 19.5 Å². The third-order valence-corrected chi connectivity index (χ3v) is 3.94. The van der Waals surface area contributed by atoms with Gasteiger partial charge in [-0.3, -0.25) is 4.99 Å². The highest BCUT2D eigenvalue weighted by Gasteiger charge is 2.13. The van der Waals surface area contributed by atoms with Gasteiger partial charge in [0, 0.05) is 31.4 Å². The molecule has 1 aromatic carbocycles. The molecular formula is C18H22N4O. The molecule has 0 aliphatic heterocycles. The Balaban J connectivity index is 1.65. The Morgan fingerprint density at radius 1 is 1.26 bits per heavy atom. The molecule has 120 valence electrons. The van der Waals surface area contributed by atoms with E-state index in [-0.39, 0.29) is 6.04 Å². The van der Waals surface area contributed by atoms with E-state index in [0.29, 0.717) is 0 Å². The number of para-hydroxylation sites is 1. The van der Waals surface area contributed by atoms with Gasteiger partial charge in [0.2, 0.25) is 0 Å². The average molecular weight is 310 g/mol. The van der Waals surface area contributed by atoms with Gasteiger partial charge in [0.05, 0.1) is 12.6 Å². The van der Waals surface area contributed by atoms with E-state index in [1.807, 2.05) is 37.5 Å². The maximum absolute atomic E-state index is 5.90. The molecule has 23 heavy (non-hydrogen) atoms. The lowest BCUT2D eigenvalue weighted by Crippen LogP contribution is -2.38. The summed E-state index contributed by atoms with van der Waals surface area (Å²) in [6.45, 7) is 2.78. The van der Waals surface area contributed by atoms with Crippen molar-refractivity contribution < 1.29 is 4.42 Å². The topological polar surface area (TPSA) is 54.5 Å². The summed E-state index contributed by atoms with van der Waals surface area (Å²) in [6.07, 6.45) is 2.03. The fourth-order valence-electron chi connectivity index (χ4n) is 2.54. The first-order valence-electron chi connectivity index (χ1n) is 7.73. The summed E-state index contributed by atoms with van der Waals surface area (Å²) >= 11 is 0. The minimum absolute atomic E-state index is 0.0296. The number of nitrogens with one attached hydrogen (secondary N) is 2. The second-order valence-corrected chi connectivity index (χ2v) is 5.59. The molecule has 1 unspecified atom stereocenters. The molecule has 3 aromatic rings. The van der Waals surface area contributed by atoms with Gasteiger partial charge in [-0.1, -0.05) is 18.2 Å². The van der Waals surface area contributed by atoms with Crippen molar-refractivity contribution in [2.24, 2.45) is 12.0 Å². The lowest BCUT2D eigenvalue weighted by molar-refractivity contribution is 0.488. The molecule has 0 spiro atoms. The van der Waals surface area contributed by atoms with Crippen molar-refractivity contribution in [2.75, 3.05) is 7.05 Å². The summed E-state index contributed by atoms with van der Waals surface area (Å²) in [7, 11) is 3.80. The summed E-state index contributed by atoms with van der Waals surface area (Å²) in [4.78, 5) is 4.28. The first-order chi connectivity index (χ1) is 11.2. The Hall–Kier alpha value is -2.69. The van der Waals surface area contributed by atoms with Crippen LogP contribution < -0.4 is 10.6 Å². The summed E-state index contributed by atoms with van der Waals surface area (Å²) in [6, 6.07) is 14.2. The van der Waals surface area contributed by atoms with Gasteiger partial charge in [-0.15, -0.1) is 0 Å². The van der Waals surface area contributed by atoms with Crippen molar-refractivity contribution in [3.05, 3.63) is 60.1 Å². The summed E-state index contributed by atoms with van der Waals surface area (Å²) < 4.78 is 7.98. The van der Waals surface area contributed by atoms with Gasteiger partial charge in [0.25, 0.3) is 0 Å². The number of nitrogens with zero attached hydrogens (tertiary/aromatic N) is 2. The van der Waals surface area contributed by atoms with Gasteiger partial charge in [-0.25, -0.2) is 0 Å². The van der Waals surface area contributed by atoms with Crippen molar-refractivity contribution in [1.29, 1.82) is 0 Å². The normalized spacial score (nSPS) is 13.3. The second-order valence-electron chi connectivity index (χ2n) is 5.59. The van der Waals surface area contributed by atoms with E-state index in [2.05, 4.69) is 45.3 Å². The zero-order valence-corrected chi connectivity index (χ0v) is 13.7. The van der Waals surface area contributed by atoms with Crippen LogP contribution in [0.25, 0.3) is 11.0 Å². The molecule has 5 nitrogen and oxygen atoms in total. The Morgan fingerprint density at radius 2 is 2.09 bits per heavy atom. The number of rotatable bonds is 4. The van der Waals surface area contributed by atoms with Crippen molar-refractivity contribution in [3.63, 3.8) is 0 Å². The summed E-state index contributed by atoms with van der Waals surface area (Å²) in [5, 5.41) is 7.80. The van der Waals surface area contributed by atoms with Crippen LogP contribution in [0.2, 0.25) is 0 Å². The molecule has 0 saturated carbocycles. The molecule has 0 saturated heterocycles. The molecule has 0 amide bonds. The number of hydrogen-bond acceptors (Lipinski definition) is 2. The predicted molar refractivity (Wildman–Crippen MR) is 93.4 cm³/mol. The van der Waals surface area contributed by atoms with Gasteiger partial charge in [-0.2, -0.15) is 0 Å². The van der Waals surface area contributed by atoms with E-state index in [1.54, 1.807) is 7.05 Å². The minimum Gasteiger partial charge on any atom is -0.459 e. The lowest BCUT2D eigenvalue weighted by atomic mass is 10.2. The fraction of sp³-hybridized carbons (Fsp3) is 0.278. The molecular weight excluding hydrogens is 288 g/mol. The van der Waals surface area contributed by atoms with E-state index in [9.17, 15) is 0 Å². The molecule has 2 aromatic heterocycles. The molecule has 5 heteroatoms. The molecule has 0 aliphatic carbocycles. The minimum atomic E-state index is 0.0296. The number of benzene rings is 1. The number of aryl methyl sites for hydroxylation is 1. The zero-order valence-electron chi connectivity index (χ0n) is 13.7. The highest BCUT2D eigenvalue weighted by molar-refractivity contribution is 5.81. The number of aliphatic imine (C=N–C) groups is 1. The number of hydrogen-bond donors (Lipinski definition) is 2. The van der Waals surface area contributed by atoms with Crippen LogP contribution in [0.15, 0.2) is 58.1 Å². The summed E-state index contributed by atoms with van der Waals surface area (Å²) in [5.74, 6) is 1.65. The van der Waals surface area contributed by atoms with Gasteiger partial charge in [0.1, 0.15) is 11.3 Å². The molecule has 1 atom stereocenters. The van der Waals surface area contributed by atoms with Crippen molar-refractivity contribution >= 4 is 16.9 Å². The van der Waals surface area contributed by atoms with Crippen LogP contribution in [-0.2, 0) is 13.6 Å². The van der Waals surface area contributed by atoms with E-state index < -0.39 is 0 Å². The van der Waals surface area contributed by atoms with Crippen molar-refractivity contribution in [3.8, 4) is 0 Å². The van der Waals surface area contributed by atoms with Crippen LogP contribution in [0.1, 0.15) is 24.4 Å². The van der Waals surface area contributed by atoms with Crippen LogP contribution in [0, 0.1) is 0 Å². The lowest BCUT2D eigenvalue weighted by Gasteiger charge is -2.16. The Kier molecular flexibility index (Phi) is 4.37. The third kappa shape index (κ3) is 3.39. The van der Waals surface area contributed by atoms with Crippen LogP contribution in [0.5, 0.6) is 0 Å². The average Bonchev–Trinajstić information content (AvgIpc) is 3.17. The third-order valence-electron chi connectivity index (χ3n) is 3.94. The Bertz CT molecular complexity index is 782. The molecule has 0 aliphatic rings. The van der Waals surface area contributed by atoms with Gasteiger partial charge >= 0.3 is 0 Å². The summed E-state index contributed by atoms with van der Waals surface area (Å²) in [5.41, 5.74) is 2.10. The van der Waals surface area contributed by atoms with E-state index in [1.165, 1.54) is 5.69 Å². The molecule has 2 heterocycles. The van der Waals surface area contributed by atoms with Gasteiger partial charge in [-0.05, 0) is 31.2 Å². The zero-order chi connectivity index (χ0) is 16.2. The van der Waals surface area contributed by atoms with E-state index in [4.69, 9.17) is 4.42 Å². The molecule has 0 fully saturated rings. The standard InChI is InChI=1S/C18H22N4O/c1-13(17-11-14-7-4-5-9-16(14)23-17)21-18(19-2)20-12-15-8-6-10-22(15)3/h4-11,13H,12H2,1-3H3,(H2,19,20,21). The molecule has 3 rings (SSSR count).